The molecule has 0 saturated carbocycles. The van der Waals surface area contributed by atoms with Crippen molar-refractivity contribution in [2.75, 3.05) is 44.2 Å². The van der Waals surface area contributed by atoms with Gasteiger partial charge in [-0.05, 0) is 96.5 Å². The van der Waals surface area contributed by atoms with Gasteiger partial charge in [-0.1, -0.05) is 13.8 Å². The summed E-state index contributed by atoms with van der Waals surface area (Å²) in [4.78, 5) is 36.2. The number of carbonyl (C=O) groups is 2. The van der Waals surface area contributed by atoms with Crippen LogP contribution in [0.5, 0.6) is 11.6 Å². The summed E-state index contributed by atoms with van der Waals surface area (Å²) < 4.78 is 25.8. The number of aromatic nitrogens is 3. The number of amides is 2. The summed E-state index contributed by atoms with van der Waals surface area (Å²) in [7, 11) is 0. The van der Waals surface area contributed by atoms with E-state index in [4.69, 9.17) is 21.1 Å². The molecular weight excluding hydrogens is 613 g/mol. The van der Waals surface area contributed by atoms with Gasteiger partial charge in [0.05, 0.1) is 5.56 Å². The molecule has 1 atom stereocenters. The van der Waals surface area contributed by atoms with Crippen LogP contribution in [0.2, 0.25) is 5.28 Å². The summed E-state index contributed by atoms with van der Waals surface area (Å²) in [6.45, 7) is 20.2. The summed E-state index contributed by atoms with van der Waals surface area (Å²) in [6, 6.07) is 4.19. The number of ether oxygens (including phenoxy) is 2. The molecule has 0 bridgehead atoms. The molecule has 4 rings (SSSR count). The van der Waals surface area contributed by atoms with Gasteiger partial charge in [-0.25, -0.2) is 9.18 Å². The fraction of sp³-hybridized carbons (Fsp3) is 0.667. The van der Waals surface area contributed by atoms with E-state index in [-0.39, 0.29) is 45.9 Å². The van der Waals surface area contributed by atoms with Crippen LogP contribution in [0.15, 0.2) is 18.2 Å². The number of hydrogen-bond acceptors (Lipinski definition) is 9. The Balaban J connectivity index is 1.42. The number of carbonyl (C=O) groups excluding carboxylic acids is 2. The van der Waals surface area contributed by atoms with Gasteiger partial charge in [0, 0.05) is 56.8 Å². The molecule has 2 saturated heterocycles. The number of likely N-dealkylation sites (tertiary alicyclic amines) is 1. The highest BCUT2D eigenvalue weighted by Gasteiger charge is 2.50. The topological polar surface area (TPSA) is 113 Å². The Bertz CT molecular complexity index is 1380. The van der Waals surface area contributed by atoms with Gasteiger partial charge in [0.25, 0.3) is 11.8 Å². The molecule has 2 amide bonds. The highest BCUT2D eigenvalue weighted by molar-refractivity contribution is 6.28. The normalized spacial score (nSPS) is 16.9. The van der Waals surface area contributed by atoms with Crippen molar-refractivity contribution >= 4 is 29.4 Å². The third-order valence-corrected chi connectivity index (χ3v) is 8.77. The van der Waals surface area contributed by atoms with E-state index >= 15 is 0 Å². The maximum Gasteiger partial charge on any atom is 0.407 e. The first-order chi connectivity index (χ1) is 21.6. The lowest BCUT2D eigenvalue weighted by Crippen LogP contribution is -2.62. The van der Waals surface area contributed by atoms with Crippen molar-refractivity contribution < 1.29 is 23.5 Å². The number of alkyl carbamates (subject to hydrolysis) is 1. The Kier molecular flexibility index (Phi) is 11.4. The van der Waals surface area contributed by atoms with Crippen LogP contribution in [0.3, 0.4) is 0 Å². The van der Waals surface area contributed by atoms with E-state index < -0.39 is 11.4 Å². The summed E-state index contributed by atoms with van der Waals surface area (Å²) in [5.41, 5.74) is -0.322. The maximum absolute atomic E-state index is 14.3. The van der Waals surface area contributed by atoms with E-state index in [2.05, 4.69) is 44.1 Å². The largest absolute Gasteiger partial charge is 0.444 e. The molecule has 0 radical (unpaired) electrons. The molecule has 1 aromatic heterocycles. The summed E-state index contributed by atoms with van der Waals surface area (Å²) >= 11 is 6.21. The van der Waals surface area contributed by atoms with E-state index in [1.807, 2.05) is 41.5 Å². The lowest BCUT2D eigenvalue weighted by molar-refractivity contribution is -0.0339. The summed E-state index contributed by atoms with van der Waals surface area (Å²) in [5, 5.41) is 11.0. The van der Waals surface area contributed by atoms with Gasteiger partial charge in [0.15, 0.2) is 5.82 Å². The summed E-state index contributed by atoms with van der Waals surface area (Å²) in [5.74, 6) is 0.332. The Hall–Kier alpha value is -3.25. The van der Waals surface area contributed by atoms with E-state index in [0.717, 1.165) is 45.4 Å². The molecule has 2 fully saturated rings. The van der Waals surface area contributed by atoms with Crippen molar-refractivity contribution in [3.05, 3.63) is 34.9 Å². The molecule has 46 heavy (non-hydrogen) atoms. The van der Waals surface area contributed by atoms with Crippen LogP contribution in [0, 0.1) is 17.2 Å². The van der Waals surface area contributed by atoms with Crippen molar-refractivity contribution in [3.8, 4) is 11.6 Å². The Morgan fingerprint density at radius 2 is 1.87 bits per heavy atom. The quantitative estimate of drug-likeness (QED) is 0.267. The van der Waals surface area contributed by atoms with Crippen molar-refractivity contribution in [2.24, 2.45) is 11.3 Å². The maximum atomic E-state index is 14.3. The lowest BCUT2D eigenvalue weighted by atomic mass is 9.76. The molecule has 2 aliphatic rings. The van der Waals surface area contributed by atoms with Gasteiger partial charge < -0.3 is 24.6 Å². The third-order valence-electron chi connectivity index (χ3n) is 8.61. The zero-order valence-electron chi connectivity index (χ0n) is 28.4. The molecular formula is C33H49ClFN7O4. The highest BCUT2D eigenvalue weighted by Crippen LogP contribution is 2.45. The van der Waals surface area contributed by atoms with Crippen molar-refractivity contribution in [3.63, 3.8) is 0 Å². The number of benzene rings is 1. The summed E-state index contributed by atoms with van der Waals surface area (Å²) in [6.07, 6.45) is 2.42. The zero-order chi connectivity index (χ0) is 33.8. The third kappa shape index (κ3) is 8.76. The fourth-order valence-corrected chi connectivity index (χ4v) is 6.62. The monoisotopic (exact) mass is 661 g/mol. The van der Waals surface area contributed by atoms with Crippen LogP contribution < -0.4 is 15.0 Å². The minimum atomic E-state index is -0.536. The minimum absolute atomic E-state index is 0.00855. The van der Waals surface area contributed by atoms with E-state index in [1.165, 1.54) is 18.2 Å². The van der Waals surface area contributed by atoms with Crippen LogP contribution in [-0.4, -0.2) is 93.9 Å². The number of nitrogens with one attached hydrogen (secondary N) is 1. The van der Waals surface area contributed by atoms with E-state index in [1.54, 1.807) is 4.90 Å². The van der Waals surface area contributed by atoms with Crippen LogP contribution in [0.4, 0.5) is 15.0 Å². The molecule has 13 heteroatoms. The first-order valence-electron chi connectivity index (χ1n) is 16.3. The number of rotatable bonds is 12. The van der Waals surface area contributed by atoms with Crippen LogP contribution >= 0.6 is 11.6 Å². The minimum Gasteiger partial charge on any atom is -0.444 e. The SMILES string of the molecule is CCN(C(=O)c1cc(F)ccc1Oc1nnc(Cl)nc1N1CCC2(C1)CN([C@@H](CCCNC(=O)OC(C)(C)C)C(C)C)C2)C(C)C. The average molecular weight is 662 g/mol. The van der Waals surface area contributed by atoms with Gasteiger partial charge in [0.1, 0.15) is 17.2 Å². The second kappa shape index (κ2) is 14.7. The molecule has 11 nitrogen and oxygen atoms in total. The van der Waals surface area contributed by atoms with Crippen LogP contribution in [-0.2, 0) is 4.74 Å². The standard InChI is InChI=1S/C33H49ClFN7O4/c1-9-42(22(4)5)29(43)24-17-23(35)12-13-26(24)45-28-27(37-30(34)39-38-28)40-16-14-33(18-40)19-41(20-33)25(21(2)3)11-10-15-36-31(44)46-32(6,7)8/h12-13,17,21-22,25H,9-11,14-16,18-20H2,1-8H3,(H,36,44)/t25-/m0/s1. The second-order valence-electron chi connectivity index (χ2n) is 14.1. The Morgan fingerprint density at radius 1 is 1.15 bits per heavy atom. The molecule has 3 heterocycles. The van der Waals surface area contributed by atoms with Crippen molar-refractivity contribution in [2.45, 2.75) is 92.3 Å². The number of nitrogens with zero attached hydrogens (tertiary/aromatic N) is 6. The molecule has 2 aliphatic heterocycles. The van der Waals surface area contributed by atoms with Crippen molar-refractivity contribution in [1.82, 2.24) is 30.3 Å². The van der Waals surface area contributed by atoms with Gasteiger partial charge in [-0.2, -0.15) is 4.98 Å². The zero-order valence-corrected chi connectivity index (χ0v) is 29.2. The Labute approximate surface area is 277 Å². The van der Waals surface area contributed by atoms with E-state index in [0.29, 0.717) is 30.9 Å². The highest BCUT2D eigenvalue weighted by atomic mass is 35.5. The molecule has 1 spiro atoms. The molecule has 1 N–H and O–H groups in total. The van der Waals surface area contributed by atoms with Gasteiger partial charge in [0.2, 0.25) is 5.28 Å². The number of anilines is 1. The lowest BCUT2D eigenvalue weighted by Gasteiger charge is -2.53. The predicted octanol–water partition coefficient (Wildman–Crippen LogP) is 6.17. The second-order valence-corrected chi connectivity index (χ2v) is 14.4. The first-order valence-corrected chi connectivity index (χ1v) is 16.6. The Morgan fingerprint density at radius 3 is 2.50 bits per heavy atom. The van der Waals surface area contributed by atoms with Gasteiger partial charge in [-0.3, -0.25) is 9.69 Å². The fourth-order valence-electron chi connectivity index (χ4n) is 6.50. The van der Waals surface area contributed by atoms with Crippen LogP contribution in [0.25, 0.3) is 0 Å². The predicted molar refractivity (Wildman–Crippen MR) is 176 cm³/mol. The van der Waals surface area contributed by atoms with Gasteiger partial charge in [-0.15, -0.1) is 10.2 Å². The molecule has 254 valence electrons. The number of halogens is 2. The first kappa shape index (κ1) is 35.6. The van der Waals surface area contributed by atoms with E-state index in [9.17, 15) is 14.0 Å². The molecule has 1 aromatic carbocycles. The van der Waals surface area contributed by atoms with Crippen molar-refractivity contribution in [1.29, 1.82) is 0 Å². The van der Waals surface area contributed by atoms with Crippen LogP contribution in [0.1, 0.15) is 85.0 Å². The average Bonchev–Trinajstić information content (AvgIpc) is 3.39. The smallest absolute Gasteiger partial charge is 0.407 e. The molecule has 2 aromatic rings. The number of hydrogen-bond donors (Lipinski definition) is 1. The van der Waals surface area contributed by atoms with Gasteiger partial charge >= 0.3 is 6.09 Å². The molecule has 0 unspecified atom stereocenters. The molecule has 0 aliphatic carbocycles.